The first-order chi connectivity index (χ1) is 13.0. The Hall–Kier alpha value is -3.05. The molecule has 0 aliphatic heterocycles. The van der Waals surface area contributed by atoms with Gasteiger partial charge in [-0.15, -0.1) is 11.3 Å². The van der Waals surface area contributed by atoms with Gasteiger partial charge in [-0.3, -0.25) is 0 Å². The number of anilines is 1. The lowest BCUT2D eigenvalue weighted by Crippen LogP contribution is -2.01. The number of aryl methyl sites for hydroxylation is 1. The number of fused-ring (bicyclic) bond motifs is 1. The van der Waals surface area contributed by atoms with E-state index in [4.69, 9.17) is 0 Å². The lowest BCUT2D eigenvalue weighted by atomic mass is 10.1. The average molecular weight is 376 g/mol. The van der Waals surface area contributed by atoms with Crippen molar-refractivity contribution in [1.29, 1.82) is 0 Å². The highest BCUT2D eigenvalue weighted by Crippen LogP contribution is 2.30. The van der Waals surface area contributed by atoms with E-state index in [-0.39, 0.29) is 0 Å². The summed E-state index contributed by atoms with van der Waals surface area (Å²) < 4.78 is 2.08. The van der Waals surface area contributed by atoms with E-state index in [9.17, 15) is 9.90 Å². The number of nitrogens with one attached hydrogen (secondary N) is 1. The summed E-state index contributed by atoms with van der Waals surface area (Å²) in [6.07, 6.45) is 2.10. The van der Waals surface area contributed by atoms with E-state index < -0.39 is 5.97 Å². The van der Waals surface area contributed by atoms with Crippen molar-refractivity contribution in [3.63, 3.8) is 0 Å². The summed E-state index contributed by atoms with van der Waals surface area (Å²) in [6.45, 7) is 4.94. The molecule has 0 fully saturated rings. The largest absolute Gasteiger partial charge is 0.477 e. The molecule has 0 aliphatic rings. The first-order valence-electron chi connectivity index (χ1n) is 8.77. The lowest BCUT2D eigenvalue weighted by Gasteiger charge is -2.11. The van der Waals surface area contributed by atoms with Crippen LogP contribution in [0.3, 0.4) is 0 Å². The summed E-state index contributed by atoms with van der Waals surface area (Å²) in [5.41, 5.74) is 5.91. The number of aromatic nitrogens is 1. The van der Waals surface area contributed by atoms with Gasteiger partial charge in [0.25, 0.3) is 0 Å². The van der Waals surface area contributed by atoms with Crippen molar-refractivity contribution < 1.29 is 9.90 Å². The molecule has 4 nitrogen and oxygen atoms in total. The molecule has 5 heteroatoms. The van der Waals surface area contributed by atoms with Crippen LogP contribution in [0.15, 0.2) is 60.8 Å². The fourth-order valence-electron chi connectivity index (χ4n) is 3.28. The number of para-hydroxylation sites is 1. The highest BCUT2D eigenvalue weighted by molar-refractivity contribution is 7.16. The Kier molecular flexibility index (Phi) is 4.46. The number of carboxylic acids is 1. The summed E-state index contributed by atoms with van der Waals surface area (Å²) in [6, 6.07) is 18.0. The molecule has 0 saturated heterocycles. The molecule has 136 valence electrons. The van der Waals surface area contributed by atoms with Gasteiger partial charge in [0.05, 0.1) is 5.52 Å². The third kappa shape index (κ3) is 3.22. The van der Waals surface area contributed by atoms with Gasteiger partial charge >= 0.3 is 5.97 Å². The van der Waals surface area contributed by atoms with Gasteiger partial charge in [-0.1, -0.05) is 30.3 Å². The first kappa shape index (κ1) is 17.4. The van der Waals surface area contributed by atoms with Crippen molar-refractivity contribution >= 4 is 33.9 Å². The Morgan fingerprint density at radius 1 is 1.07 bits per heavy atom. The molecule has 2 aromatic carbocycles. The number of hydrogen-bond acceptors (Lipinski definition) is 3. The molecular formula is C22H20N2O2S. The van der Waals surface area contributed by atoms with Crippen LogP contribution in [0.1, 0.15) is 26.4 Å². The highest BCUT2D eigenvalue weighted by atomic mass is 32.1. The van der Waals surface area contributed by atoms with E-state index in [1.807, 2.05) is 18.2 Å². The van der Waals surface area contributed by atoms with E-state index in [1.54, 1.807) is 6.07 Å². The van der Waals surface area contributed by atoms with Crippen LogP contribution < -0.4 is 5.32 Å². The Bertz CT molecular complexity index is 1140. The topological polar surface area (TPSA) is 54.3 Å². The molecule has 0 unspecified atom stereocenters. The zero-order valence-corrected chi connectivity index (χ0v) is 16.0. The van der Waals surface area contributed by atoms with Crippen LogP contribution in [0, 0.1) is 13.8 Å². The molecule has 0 bridgehead atoms. The molecule has 2 N–H and O–H groups in total. The number of benzene rings is 2. The number of rotatable bonds is 5. The van der Waals surface area contributed by atoms with Crippen molar-refractivity contribution in [2.24, 2.45) is 0 Å². The van der Waals surface area contributed by atoms with Crippen molar-refractivity contribution in [2.75, 3.05) is 5.32 Å². The SMILES string of the molecule is Cc1cccc(NCc2cn(-c3ccc(C(=O)O)s3)c3ccccc23)c1C. The number of carbonyl (C=O) groups is 1. The third-order valence-corrected chi connectivity index (χ3v) is 5.98. The summed E-state index contributed by atoms with van der Waals surface area (Å²) in [5, 5.41) is 14.8. The Morgan fingerprint density at radius 2 is 1.89 bits per heavy atom. The van der Waals surface area contributed by atoms with Gasteiger partial charge in [0, 0.05) is 23.8 Å². The van der Waals surface area contributed by atoms with E-state index in [0.717, 1.165) is 16.2 Å². The van der Waals surface area contributed by atoms with Gasteiger partial charge in [0.2, 0.25) is 0 Å². The zero-order chi connectivity index (χ0) is 19.0. The molecular weight excluding hydrogens is 356 g/mol. The zero-order valence-electron chi connectivity index (χ0n) is 15.2. The second-order valence-corrected chi connectivity index (χ2v) is 7.65. The third-order valence-electron chi connectivity index (χ3n) is 4.91. The van der Waals surface area contributed by atoms with Gasteiger partial charge in [0.15, 0.2) is 0 Å². The van der Waals surface area contributed by atoms with Gasteiger partial charge in [-0.2, -0.15) is 0 Å². The quantitative estimate of drug-likeness (QED) is 0.475. The minimum atomic E-state index is -0.889. The number of carboxylic acid groups (broad SMARTS) is 1. The predicted octanol–water partition coefficient (Wildman–Crippen LogP) is 5.62. The van der Waals surface area contributed by atoms with E-state index in [1.165, 1.54) is 33.4 Å². The van der Waals surface area contributed by atoms with Gasteiger partial charge < -0.3 is 15.0 Å². The number of hydrogen-bond donors (Lipinski definition) is 2. The molecule has 0 atom stereocenters. The molecule has 2 heterocycles. The molecule has 4 rings (SSSR count). The average Bonchev–Trinajstić information content (AvgIpc) is 3.28. The fraction of sp³-hybridized carbons (Fsp3) is 0.136. The van der Waals surface area contributed by atoms with Crippen molar-refractivity contribution in [1.82, 2.24) is 4.57 Å². The molecule has 2 aromatic heterocycles. The number of aromatic carboxylic acids is 1. The van der Waals surface area contributed by atoms with Crippen LogP contribution in [0.5, 0.6) is 0 Å². The highest BCUT2D eigenvalue weighted by Gasteiger charge is 2.13. The van der Waals surface area contributed by atoms with Crippen LogP contribution in [-0.4, -0.2) is 15.6 Å². The minimum absolute atomic E-state index is 0.345. The molecule has 0 amide bonds. The van der Waals surface area contributed by atoms with Crippen LogP contribution in [0.4, 0.5) is 5.69 Å². The Morgan fingerprint density at radius 3 is 2.67 bits per heavy atom. The monoisotopic (exact) mass is 376 g/mol. The van der Waals surface area contributed by atoms with Gasteiger partial charge in [0.1, 0.15) is 9.88 Å². The molecule has 27 heavy (non-hydrogen) atoms. The Balaban J connectivity index is 1.71. The predicted molar refractivity (Wildman–Crippen MR) is 111 cm³/mol. The van der Waals surface area contributed by atoms with Gasteiger partial charge in [-0.25, -0.2) is 4.79 Å². The standard InChI is InChI=1S/C22H20N2O2S/c1-14-6-5-8-18(15(14)2)23-12-16-13-24(19-9-4-3-7-17(16)19)21-11-10-20(27-21)22(25)26/h3-11,13,23H,12H2,1-2H3,(H,25,26). The van der Waals surface area contributed by atoms with Crippen LogP contribution in [0.2, 0.25) is 0 Å². The Labute approximate surface area is 161 Å². The first-order valence-corrected chi connectivity index (χ1v) is 9.59. The molecule has 0 aliphatic carbocycles. The van der Waals surface area contributed by atoms with Crippen LogP contribution in [0.25, 0.3) is 15.9 Å². The number of thiophene rings is 1. The maximum atomic E-state index is 11.2. The van der Waals surface area contributed by atoms with E-state index in [2.05, 4.69) is 60.3 Å². The van der Waals surface area contributed by atoms with Gasteiger partial charge in [-0.05, 0) is 54.8 Å². The molecule has 0 spiro atoms. The number of nitrogens with zero attached hydrogens (tertiary/aromatic N) is 1. The molecule has 0 saturated carbocycles. The van der Waals surface area contributed by atoms with E-state index in [0.29, 0.717) is 11.4 Å². The van der Waals surface area contributed by atoms with E-state index >= 15 is 0 Å². The lowest BCUT2D eigenvalue weighted by molar-refractivity contribution is 0.0702. The second kappa shape index (κ2) is 6.93. The smallest absolute Gasteiger partial charge is 0.345 e. The maximum absolute atomic E-state index is 11.2. The minimum Gasteiger partial charge on any atom is -0.477 e. The van der Waals surface area contributed by atoms with Crippen molar-refractivity contribution in [3.05, 3.63) is 82.4 Å². The normalized spacial score (nSPS) is 11.0. The summed E-state index contributed by atoms with van der Waals surface area (Å²) in [4.78, 5) is 11.6. The maximum Gasteiger partial charge on any atom is 0.345 e. The summed E-state index contributed by atoms with van der Waals surface area (Å²) in [5.74, 6) is -0.889. The van der Waals surface area contributed by atoms with Crippen LogP contribution >= 0.6 is 11.3 Å². The second-order valence-electron chi connectivity index (χ2n) is 6.59. The summed E-state index contributed by atoms with van der Waals surface area (Å²) in [7, 11) is 0. The summed E-state index contributed by atoms with van der Waals surface area (Å²) >= 11 is 1.28. The fourth-order valence-corrected chi connectivity index (χ4v) is 4.11. The molecule has 4 aromatic rings. The van der Waals surface area contributed by atoms with Crippen molar-refractivity contribution in [3.8, 4) is 5.00 Å². The van der Waals surface area contributed by atoms with Crippen molar-refractivity contribution in [2.45, 2.75) is 20.4 Å². The molecule has 0 radical (unpaired) electrons. The van der Waals surface area contributed by atoms with Crippen LogP contribution in [-0.2, 0) is 6.54 Å².